The number of aromatic nitrogens is 2. The third-order valence-corrected chi connectivity index (χ3v) is 3.87. The first-order valence-corrected chi connectivity index (χ1v) is 6.94. The zero-order valence-corrected chi connectivity index (χ0v) is 12.2. The van der Waals surface area contributed by atoms with Gasteiger partial charge in [-0.1, -0.05) is 13.8 Å². The molecule has 0 bridgehead atoms. The first-order valence-electron chi connectivity index (χ1n) is 6.15. The van der Waals surface area contributed by atoms with Crippen molar-refractivity contribution in [1.82, 2.24) is 9.78 Å². The maximum absolute atomic E-state index is 9.89. The van der Waals surface area contributed by atoms with Crippen LogP contribution in [0.15, 0.2) is 4.47 Å². The molecule has 0 saturated carbocycles. The maximum atomic E-state index is 9.89. The number of aryl methyl sites for hydroxylation is 2. The zero-order chi connectivity index (χ0) is 13.0. The average Bonchev–Trinajstić information content (AvgIpc) is 2.65. The van der Waals surface area contributed by atoms with Gasteiger partial charge < -0.3 is 10.2 Å². The Kier molecular flexibility index (Phi) is 5.62. The van der Waals surface area contributed by atoms with Gasteiger partial charge in [-0.15, -0.1) is 0 Å². The number of aliphatic hydroxyl groups excluding tert-OH is 2. The van der Waals surface area contributed by atoms with Gasteiger partial charge in [-0.3, -0.25) is 4.68 Å². The number of rotatable bonds is 6. The van der Waals surface area contributed by atoms with E-state index < -0.39 is 12.2 Å². The number of nitrogens with zero attached hydrogens (tertiary/aromatic N) is 2. The molecular weight excluding hydrogens is 284 g/mol. The van der Waals surface area contributed by atoms with Crippen LogP contribution >= 0.6 is 15.9 Å². The molecule has 4 nitrogen and oxygen atoms in total. The van der Waals surface area contributed by atoms with Crippen LogP contribution in [0.2, 0.25) is 0 Å². The predicted octanol–water partition coefficient (Wildman–Crippen LogP) is 1.90. The fourth-order valence-electron chi connectivity index (χ4n) is 1.82. The predicted molar refractivity (Wildman–Crippen MR) is 71.0 cm³/mol. The second-order valence-corrected chi connectivity index (χ2v) is 4.92. The van der Waals surface area contributed by atoms with E-state index in [4.69, 9.17) is 0 Å². The lowest BCUT2D eigenvalue weighted by Gasteiger charge is -2.16. The van der Waals surface area contributed by atoms with E-state index in [-0.39, 0.29) is 0 Å². The molecule has 0 saturated heterocycles. The molecule has 2 N–H and O–H groups in total. The van der Waals surface area contributed by atoms with E-state index in [1.54, 1.807) is 0 Å². The quantitative estimate of drug-likeness (QED) is 0.844. The Morgan fingerprint density at radius 1 is 1.24 bits per heavy atom. The Bertz CT molecular complexity index is 366. The molecule has 2 atom stereocenters. The highest BCUT2D eigenvalue weighted by Crippen LogP contribution is 2.24. The highest BCUT2D eigenvalue weighted by atomic mass is 79.9. The topological polar surface area (TPSA) is 58.3 Å². The summed E-state index contributed by atoms with van der Waals surface area (Å²) in [5, 5.41) is 24.0. The first-order chi connectivity index (χ1) is 8.04. The van der Waals surface area contributed by atoms with Crippen molar-refractivity contribution in [2.75, 3.05) is 0 Å². The Labute approximate surface area is 111 Å². The van der Waals surface area contributed by atoms with Crippen molar-refractivity contribution in [3.05, 3.63) is 15.9 Å². The molecule has 1 heterocycles. The smallest absolute Gasteiger partial charge is 0.0854 e. The summed E-state index contributed by atoms with van der Waals surface area (Å²) in [7, 11) is 0. The van der Waals surface area contributed by atoms with Crippen molar-refractivity contribution < 1.29 is 10.2 Å². The number of hydrogen-bond donors (Lipinski definition) is 2. The highest BCUT2D eigenvalue weighted by molar-refractivity contribution is 9.10. The van der Waals surface area contributed by atoms with Crippen LogP contribution in [0.3, 0.4) is 0 Å². The molecule has 0 aliphatic rings. The van der Waals surface area contributed by atoms with Crippen molar-refractivity contribution in [2.45, 2.75) is 58.8 Å². The van der Waals surface area contributed by atoms with Crippen LogP contribution in [-0.2, 0) is 19.4 Å². The van der Waals surface area contributed by atoms with Crippen LogP contribution in [0.5, 0.6) is 0 Å². The van der Waals surface area contributed by atoms with Crippen molar-refractivity contribution in [1.29, 1.82) is 0 Å². The minimum absolute atomic E-state index is 0.427. The summed E-state index contributed by atoms with van der Waals surface area (Å²) in [4.78, 5) is 0. The number of aliphatic hydroxyl groups is 2. The average molecular weight is 305 g/mol. The molecule has 17 heavy (non-hydrogen) atoms. The number of halogens is 1. The van der Waals surface area contributed by atoms with Gasteiger partial charge in [0.2, 0.25) is 0 Å². The molecule has 0 fully saturated rings. The van der Waals surface area contributed by atoms with Gasteiger partial charge in [0, 0.05) is 13.0 Å². The second kappa shape index (κ2) is 6.52. The molecule has 1 aromatic heterocycles. The lowest BCUT2D eigenvalue weighted by Crippen LogP contribution is -2.28. The minimum atomic E-state index is -0.733. The van der Waals surface area contributed by atoms with Gasteiger partial charge in [0.05, 0.1) is 28.1 Å². The van der Waals surface area contributed by atoms with Crippen molar-refractivity contribution in [3.8, 4) is 0 Å². The largest absolute Gasteiger partial charge is 0.390 e. The van der Waals surface area contributed by atoms with Crippen LogP contribution < -0.4 is 0 Å². The molecule has 1 rings (SSSR count). The molecule has 0 aliphatic heterocycles. The van der Waals surface area contributed by atoms with Crippen LogP contribution in [0.25, 0.3) is 0 Å². The second-order valence-electron chi connectivity index (χ2n) is 4.12. The summed E-state index contributed by atoms with van der Waals surface area (Å²) >= 11 is 3.53. The molecule has 1 aromatic rings. The van der Waals surface area contributed by atoms with E-state index in [2.05, 4.69) is 21.0 Å². The van der Waals surface area contributed by atoms with Gasteiger partial charge in [0.1, 0.15) is 0 Å². The van der Waals surface area contributed by atoms with E-state index in [0.717, 1.165) is 28.8 Å². The van der Waals surface area contributed by atoms with Crippen molar-refractivity contribution in [3.63, 3.8) is 0 Å². The molecule has 0 spiro atoms. The third-order valence-electron chi connectivity index (χ3n) is 2.96. The van der Waals surface area contributed by atoms with Gasteiger partial charge in [-0.25, -0.2) is 0 Å². The fourth-order valence-corrected chi connectivity index (χ4v) is 2.54. The summed E-state index contributed by atoms with van der Waals surface area (Å²) in [6.45, 7) is 6.69. The van der Waals surface area contributed by atoms with Gasteiger partial charge in [-0.05, 0) is 35.7 Å². The first kappa shape index (κ1) is 14.7. The summed E-state index contributed by atoms with van der Waals surface area (Å²) < 4.78 is 2.85. The SMILES string of the molecule is CCc1nn(CC)c(CC(O)C(O)CC)c1Br. The van der Waals surface area contributed by atoms with Crippen LogP contribution in [0, 0.1) is 0 Å². The monoisotopic (exact) mass is 304 g/mol. The van der Waals surface area contributed by atoms with Gasteiger partial charge in [-0.2, -0.15) is 5.10 Å². The molecule has 0 radical (unpaired) electrons. The standard InChI is InChI=1S/C12H21BrN2O2/c1-4-8-12(13)9(15(6-3)14-8)7-11(17)10(16)5-2/h10-11,16-17H,4-7H2,1-3H3. The Morgan fingerprint density at radius 2 is 1.88 bits per heavy atom. The van der Waals surface area contributed by atoms with E-state index in [9.17, 15) is 10.2 Å². The van der Waals surface area contributed by atoms with Gasteiger partial charge >= 0.3 is 0 Å². The lowest BCUT2D eigenvalue weighted by molar-refractivity contribution is 0.0169. The number of hydrogen-bond acceptors (Lipinski definition) is 3. The molecule has 0 aromatic carbocycles. The molecule has 0 aliphatic carbocycles. The minimum Gasteiger partial charge on any atom is -0.390 e. The third kappa shape index (κ3) is 3.30. The molecule has 98 valence electrons. The maximum Gasteiger partial charge on any atom is 0.0854 e. The molecule has 2 unspecified atom stereocenters. The van der Waals surface area contributed by atoms with Crippen molar-refractivity contribution in [2.24, 2.45) is 0 Å². The molecular formula is C12H21BrN2O2. The molecule has 5 heteroatoms. The van der Waals surface area contributed by atoms with E-state index >= 15 is 0 Å². The summed E-state index contributed by atoms with van der Waals surface area (Å²) in [6, 6.07) is 0. The van der Waals surface area contributed by atoms with E-state index in [1.807, 2.05) is 25.5 Å². The normalized spacial score (nSPS) is 14.9. The fraction of sp³-hybridized carbons (Fsp3) is 0.750. The summed E-state index contributed by atoms with van der Waals surface area (Å²) in [5.74, 6) is 0. The summed E-state index contributed by atoms with van der Waals surface area (Å²) in [6.07, 6.45) is 0.429. The lowest BCUT2D eigenvalue weighted by atomic mass is 10.1. The van der Waals surface area contributed by atoms with Crippen LogP contribution in [0.1, 0.15) is 38.6 Å². The van der Waals surface area contributed by atoms with Crippen LogP contribution in [0.4, 0.5) is 0 Å². The Hall–Kier alpha value is -0.390. The van der Waals surface area contributed by atoms with Crippen LogP contribution in [-0.4, -0.2) is 32.2 Å². The summed E-state index contributed by atoms with van der Waals surface area (Å²) in [5.41, 5.74) is 1.96. The Balaban J connectivity index is 2.92. The van der Waals surface area contributed by atoms with Gasteiger partial charge in [0.25, 0.3) is 0 Å². The Morgan fingerprint density at radius 3 is 2.35 bits per heavy atom. The molecule has 0 amide bonds. The van der Waals surface area contributed by atoms with E-state index in [0.29, 0.717) is 12.8 Å². The van der Waals surface area contributed by atoms with Crippen molar-refractivity contribution >= 4 is 15.9 Å². The van der Waals surface area contributed by atoms with Gasteiger partial charge in [0.15, 0.2) is 0 Å². The zero-order valence-electron chi connectivity index (χ0n) is 10.6. The van der Waals surface area contributed by atoms with E-state index in [1.165, 1.54) is 0 Å². The highest BCUT2D eigenvalue weighted by Gasteiger charge is 2.21.